The summed E-state index contributed by atoms with van der Waals surface area (Å²) in [6.07, 6.45) is 0.304. The summed E-state index contributed by atoms with van der Waals surface area (Å²) >= 11 is 12.3. The van der Waals surface area contributed by atoms with Crippen molar-refractivity contribution in [3.05, 3.63) is 33.8 Å². The highest BCUT2D eigenvalue weighted by molar-refractivity contribution is 6.42. The molecule has 2 aliphatic rings. The lowest BCUT2D eigenvalue weighted by atomic mass is 9.86. The minimum absolute atomic E-state index is 0.0185. The van der Waals surface area contributed by atoms with Gasteiger partial charge >= 0.3 is 12.1 Å². The number of carbonyl (C=O) groups excluding carboxylic acids is 2. The van der Waals surface area contributed by atoms with Gasteiger partial charge in [0.25, 0.3) is 0 Å². The number of carbonyl (C=O) groups is 2. The lowest BCUT2D eigenvalue weighted by Crippen LogP contribution is -2.43. The highest BCUT2D eigenvalue weighted by Gasteiger charge is 2.71. The van der Waals surface area contributed by atoms with Gasteiger partial charge in [-0.15, -0.1) is 0 Å². The van der Waals surface area contributed by atoms with Crippen molar-refractivity contribution in [3.8, 4) is 0 Å². The quantitative estimate of drug-likeness (QED) is 0.674. The van der Waals surface area contributed by atoms with E-state index in [-0.39, 0.29) is 29.3 Å². The number of benzene rings is 1. The summed E-state index contributed by atoms with van der Waals surface area (Å²) in [5.41, 5.74) is 0.0575. The van der Waals surface area contributed by atoms with Crippen LogP contribution in [0.3, 0.4) is 0 Å². The molecule has 0 radical (unpaired) electrons. The molecule has 0 bridgehead atoms. The average molecular weight is 414 g/mol. The van der Waals surface area contributed by atoms with Crippen molar-refractivity contribution in [1.82, 2.24) is 4.90 Å². The van der Waals surface area contributed by atoms with Crippen molar-refractivity contribution >= 4 is 35.3 Å². The van der Waals surface area contributed by atoms with Crippen molar-refractivity contribution < 1.29 is 19.1 Å². The maximum atomic E-state index is 12.6. The number of halogens is 2. The maximum Gasteiger partial charge on any atom is 0.410 e. The number of hydrogen-bond acceptors (Lipinski definition) is 4. The zero-order valence-electron chi connectivity index (χ0n) is 16.1. The summed E-state index contributed by atoms with van der Waals surface area (Å²) in [5, 5.41) is 0.944. The first-order valence-corrected chi connectivity index (χ1v) is 9.96. The van der Waals surface area contributed by atoms with Crippen molar-refractivity contribution in [2.24, 2.45) is 11.8 Å². The van der Waals surface area contributed by atoms with Gasteiger partial charge in [0, 0.05) is 24.4 Å². The fourth-order valence-corrected chi connectivity index (χ4v) is 4.50. The molecule has 1 amide bonds. The normalized spacial score (nSPS) is 27.0. The van der Waals surface area contributed by atoms with Gasteiger partial charge in [-0.05, 0) is 51.8 Å². The summed E-state index contributed by atoms with van der Waals surface area (Å²) in [5.74, 6) is -0.531. The Bertz CT molecular complexity index is 761. The van der Waals surface area contributed by atoms with Gasteiger partial charge in [-0.3, -0.25) is 4.79 Å². The molecular formula is C20H25Cl2NO4. The molecular weight excluding hydrogens is 389 g/mol. The Morgan fingerprint density at radius 1 is 1.26 bits per heavy atom. The third-order valence-corrected chi connectivity index (χ3v) is 6.11. The lowest BCUT2D eigenvalue weighted by molar-refractivity contribution is -0.145. The number of esters is 1. The number of amides is 1. The molecule has 148 valence electrons. The second-order valence-electron chi connectivity index (χ2n) is 8.18. The zero-order valence-corrected chi connectivity index (χ0v) is 17.6. The predicted octanol–water partition coefficient (Wildman–Crippen LogP) is 4.68. The molecule has 2 fully saturated rings. The SMILES string of the molecule is CCOC(=O)C1[C@@H]2CN(C(=O)OC(C)(C)C)CC[C@]12c1ccc(Cl)c(Cl)c1. The Morgan fingerprint density at radius 3 is 2.56 bits per heavy atom. The van der Waals surface area contributed by atoms with Gasteiger partial charge < -0.3 is 14.4 Å². The van der Waals surface area contributed by atoms with E-state index >= 15 is 0 Å². The summed E-state index contributed by atoms with van der Waals surface area (Å²) in [7, 11) is 0. The first-order chi connectivity index (χ1) is 12.6. The molecule has 0 N–H and O–H groups in total. The van der Waals surface area contributed by atoms with E-state index in [0.29, 0.717) is 36.2 Å². The van der Waals surface area contributed by atoms with E-state index < -0.39 is 5.60 Å². The topological polar surface area (TPSA) is 55.8 Å². The maximum absolute atomic E-state index is 12.6. The molecule has 5 nitrogen and oxygen atoms in total. The Balaban J connectivity index is 1.86. The highest BCUT2D eigenvalue weighted by Crippen LogP contribution is 2.65. The Kier molecular flexibility index (Phi) is 5.39. The Labute approximate surface area is 169 Å². The zero-order chi connectivity index (χ0) is 20.0. The van der Waals surface area contributed by atoms with Crippen molar-refractivity contribution in [1.29, 1.82) is 0 Å². The van der Waals surface area contributed by atoms with E-state index in [4.69, 9.17) is 32.7 Å². The van der Waals surface area contributed by atoms with Crippen molar-refractivity contribution in [2.75, 3.05) is 19.7 Å². The van der Waals surface area contributed by atoms with Crippen LogP contribution in [0, 0.1) is 11.8 Å². The van der Waals surface area contributed by atoms with Crippen LogP contribution in [0.2, 0.25) is 10.0 Å². The number of nitrogens with zero attached hydrogens (tertiary/aromatic N) is 1. The number of rotatable bonds is 3. The fourth-order valence-electron chi connectivity index (χ4n) is 4.20. The molecule has 1 aliphatic heterocycles. The van der Waals surface area contributed by atoms with E-state index in [0.717, 1.165) is 5.56 Å². The highest BCUT2D eigenvalue weighted by atomic mass is 35.5. The fraction of sp³-hybridized carbons (Fsp3) is 0.600. The number of fused-ring (bicyclic) bond motifs is 1. The standard InChI is InChI=1S/C20H25Cl2NO4/c1-5-26-17(24)16-13-11-23(18(25)27-19(2,3)4)9-8-20(13,16)12-6-7-14(21)15(22)10-12/h6-7,10,13,16H,5,8-9,11H2,1-4H3/t13-,16?,20+/m0/s1. The molecule has 27 heavy (non-hydrogen) atoms. The van der Waals surface area contributed by atoms with Crippen molar-refractivity contribution in [3.63, 3.8) is 0 Å². The monoisotopic (exact) mass is 413 g/mol. The van der Waals surface area contributed by atoms with Gasteiger partial charge in [0.15, 0.2) is 0 Å². The Morgan fingerprint density at radius 2 is 1.96 bits per heavy atom. The molecule has 3 rings (SSSR count). The predicted molar refractivity (Wildman–Crippen MR) is 104 cm³/mol. The van der Waals surface area contributed by atoms with Crippen LogP contribution in [0.5, 0.6) is 0 Å². The molecule has 1 aromatic rings. The van der Waals surface area contributed by atoms with Gasteiger partial charge in [0.1, 0.15) is 5.60 Å². The average Bonchev–Trinajstić information content (AvgIpc) is 3.25. The molecule has 1 heterocycles. The largest absolute Gasteiger partial charge is 0.466 e. The minimum atomic E-state index is -0.556. The Hall–Kier alpha value is -1.46. The minimum Gasteiger partial charge on any atom is -0.466 e. The van der Waals surface area contributed by atoms with E-state index in [1.807, 2.05) is 32.9 Å². The van der Waals surface area contributed by atoms with Gasteiger partial charge in [-0.25, -0.2) is 4.79 Å². The number of likely N-dealkylation sites (tertiary alicyclic amines) is 1. The van der Waals surface area contributed by atoms with Crippen LogP contribution in [-0.4, -0.2) is 42.3 Å². The van der Waals surface area contributed by atoms with E-state index in [1.165, 1.54) is 0 Å². The number of hydrogen-bond donors (Lipinski definition) is 0. The van der Waals surface area contributed by atoms with E-state index in [1.54, 1.807) is 17.9 Å². The third kappa shape index (κ3) is 3.77. The molecule has 1 aromatic carbocycles. The molecule has 0 spiro atoms. The molecule has 0 aromatic heterocycles. The number of piperidine rings is 1. The van der Waals surface area contributed by atoms with Gasteiger partial charge in [0.05, 0.1) is 22.6 Å². The summed E-state index contributed by atoms with van der Waals surface area (Å²) in [4.78, 5) is 26.7. The van der Waals surface area contributed by atoms with Crippen LogP contribution in [0.15, 0.2) is 18.2 Å². The summed E-state index contributed by atoms with van der Waals surface area (Å²) in [6.45, 7) is 8.62. The second kappa shape index (κ2) is 7.17. The smallest absolute Gasteiger partial charge is 0.410 e. The molecule has 1 aliphatic carbocycles. The molecule has 3 atom stereocenters. The van der Waals surface area contributed by atoms with Crippen LogP contribution in [0.25, 0.3) is 0 Å². The van der Waals surface area contributed by atoms with Gasteiger partial charge in [-0.2, -0.15) is 0 Å². The molecule has 1 saturated heterocycles. The first kappa shape index (κ1) is 20.3. The second-order valence-corrected chi connectivity index (χ2v) is 9.00. The van der Waals surface area contributed by atoms with Crippen LogP contribution < -0.4 is 0 Å². The first-order valence-electron chi connectivity index (χ1n) is 9.20. The van der Waals surface area contributed by atoms with E-state index in [9.17, 15) is 9.59 Å². The summed E-state index contributed by atoms with van der Waals surface area (Å²) < 4.78 is 10.8. The van der Waals surface area contributed by atoms with Crippen LogP contribution in [0.1, 0.15) is 39.7 Å². The molecule has 7 heteroatoms. The van der Waals surface area contributed by atoms with E-state index in [2.05, 4.69) is 0 Å². The van der Waals surface area contributed by atoms with Crippen LogP contribution in [-0.2, 0) is 19.7 Å². The van der Waals surface area contributed by atoms with Crippen molar-refractivity contribution in [2.45, 2.75) is 45.1 Å². The molecule has 1 unspecified atom stereocenters. The lowest BCUT2D eigenvalue weighted by Gasteiger charge is -2.33. The third-order valence-electron chi connectivity index (χ3n) is 5.37. The molecule has 1 saturated carbocycles. The van der Waals surface area contributed by atoms with Gasteiger partial charge in [-0.1, -0.05) is 29.3 Å². The van der Waals surface area contributed by atoms with Crippen LogP contribution >= 0.6 is 23.2 Å². The van der Waals surface area contributed by atoms with Gasteiger partial charge in [0.2, 0.25) is 0 Å². The summed E-state index contributed by atoms with van der Waals surface area (Å²) in [6, 6.07) is 5.51. The number of ether oxygens (including phenoxy) is 2. The van der Waals surface area contributed by atoms with Crippen LogP contribution in [0.4, 0.5) is 4.79 Å².